The van der Waals surface area contributed by atoms with E-state index < -0.39 is 58.8 Å². The Hall–Kier alpha value is -1.01. The van der Waals surface area contributed by atoms with E-state index in [1.807, 2.05) is 4.74 Å². The second-order valence-corrected chi connectivity index (χ2v) is 6.37. The summed E-state index contributed by atoms with van der Waals surface area (Å²) < 4.78 is 175. The molecule has 0 saturated heterocycles. The largest absolute Gasteiger partial charge is 0.491 e. The summed E-state index contributed by atoms with van der Waals surface area (Å²) in [6, 6.07) is 0. The first-order valence-corrected chi connectivity index (χ1v) is 7.99. The fourth-order valence-electron chi connectivity index (χ4n) is 1.43. The van der Waals surface area contributed by atoms with E-state index in [1.54, 1.807) is 0 Å². The average Bonchev–Trinajstić information content (AvgIpc) is 2.38. The van der Waals surface area contributed by atoms with Crippen LogP contribution < -0.4 is 0 Å². The lowest BCUT2D eigenvalue weighted by atomic mass is 10.1. The van der Waals surface area contributed by atoms with Gasteiger partial charge in [-0.25, -0.2) is 0 Å². The Labute approximate surface area is 148 Å². The normalized spacial score (nSPS) is 17.6. The van der Waals surface area contributed by atoms with Crippen molar-refractivity contribution < 1.29 is 75.4 Å². The van der Waals surface area contributed by atoms with Crippen LogP contribution in [0.3, 0.4) is 0 Å². The minimum absolute atomic E-state index is 0. The average molecular weight is 472 g/mol. The smallest absolute Gasteiger partial charge is 0.303 e. The monoisotopic (exact) mass is 472 g/mol. The molecule has 1 N–H and O–H groups in total. The number of ether oxygens (including phenoxy) is 2. The molecule has 0 fully saturated rings. The van der Waals surface area contributed by atoms with E-state index in [0.29, 0.717) is 0 Å². The zero-order chi connectivity index (χ0) is 22.1. The van der Waals surface area contributed by atoms with Gasteiger partial charge in [-0.1, -0.05) is 19.8 Å². The number of unbranched alkanes of at least 4 members (excludes halogenated alkanes) is 1. The van der Waals surface area contributed by atoms with Crippen LogP contribution in [0.1, 0.15) is 26.2 Å². The van der Waals surface area contributed by atoms with E-state index in [0.717, 1.165) is 0 Å². The van der Waals surface area contributed by atoms with Crippen molar-refractivity contribution >= 4 is 10.1 Å². The van der Waals surface area contributed by atoms with Gasteiger partial charge in [0.15, 0.2) is 6.10 Å². The Bertz CT molecular complexity index is 601. The quantitative estimate of drug-likeness (QED) is 0.394. The highest BCUT2D eigenvalue weighted by Gasteiger charge is 2.79. The molecule has 0 heterocycles. The van der Waals surface area contributed by atoms with Crippen LogP contribution in [0.2, 0.25) is 0 Å². The molecule has 0 spiro atoms. The molecule has 0 aliphatic carbocycles. The first kappa shape index (κ1) is 29.2. The van der Waals surface area contributed by atoms with Crippen LogP contribution in [0.25, 0.3) is 0 Å². The molecule has 2 unspecified atom stereocenters. The van der Waals surface area contributed by atoms with Crippen molar-refractivity contribution in [1.29, 1.82) is 0 Å². The van der Waals surface area contributed by atoms with Crippen LogP contribution in [-0.4, -0.2) is 48.8 Å². The summed E-state index contributed by atoms with van der Waals surface area (Å²) in [5.41, 5.74) is -6.61. The molecule has 2 atom stereocenters. The van der Waals surface area contributed by atoms with Gasteiger partial charge in [0.25, 0.3) is 0 Å². The van der Waals surface area contributed by atoms with E-state index in [4.69, 9.17) is 4.55 Å². The minimum Gasteiger partial charge on any atom is -0.303 e. The van der Waals surface area contributed by atoms with Crippen LogP contribution in [-0.2, 0) is 19.6 Å². The highest BCUT2D eigenvalue weighted by atomic mass is 32.2. The Kier molecular flexibility index (Phi) is 9.16. The van der Waals surface area contributed by atoms with Gasteiger partial charge in [0, 0.05) is 0 Å². The van der Waals surface area contributed by atoms with Gasteiger partial charge in [0.05, 0.1) is 0 Å². The third kappa shape index (κ3) is 6.51. The molecule has 5 nitrogen and oxygen atoms in total. The van der Waals surface area contributed by atoms with Gasteiger partial charge in [-0.15, -0.1) is 0 Å². The molecule has 0 bridgehead atoms. The summed E-state index contributed by atoms with van der Waals surface area (Å²) in [5.74, 6) is -7.07. The topological polar surface area (TPSA) is 72.8 Å². The molecule has 28 heavy (non-hydrogen) atoms. The van der Waals surface area contributed by atoms with E-state index in [2.05, 4.69) is 4.74 Å². The summed E-state index contributed by atoms with van der Waals surface area (Å²) in [6.07, 6.45) is -25.6. The number of hydrogen-bond acceptors (Lipinski definition) is 4. The van der Waals surface area contributed by atoms with Gasteiger partial charge in [0.1, 0.15) is 0 Å². The zero-order valence-corrected chi connectivity index (χ0v) is 14.1. The molecule has 0 aliphatic heterocycles. The second kappa shape index (κ2) is 8.78. The lowest BCUT2D eigenvalue weighted by molar-refractivity contribution is -0.499. The molecular formula is C10H12F12O5S. The third-order valence-corrected chi connectivity index (χ3v) is 3.46. The Morgan fingerprint density at radius 3 is 1.64 bits per heavy atom. The standard InChI is InChI=1S/C10H11F11O5S.FH/c1-2-3-4-5(6(11,12)13)25-9(18,19)7(14,8(15,16)17)26-10(20,21)27(22,23)24;/h5H,2-4H2,1H3,(H,22,23,24);1H. The van der Waals surface area contributed by atoms with Crippen LogP contribution in [0, 0.1) is 0 Å². The van der Waals surface area contributed by atoms with E-state index >= 15 is 0 Å². The Morgan fingerprint density at radius 2 is 1.36 bits per heavy atom. The molecule has 0 aromatic carbocycles. The van der Waals surface area contributed by atoms with Gasteiger partial charge in [-0.2, -0.15) is 56.7 Å². The van der Waals surface area contributed by atoms with Crippen molar-refractivity contribution in [3.63, 3.8) is 0 Å². The number of halogens is 12. The fraction of sp³-hybridized carbons (Fsp3) is 1.00. The predicted molar refractivity (Wildman–Crippen MR) is 65.4 cm³/mol. The van der Waals surface area contributed by atoms with Crippen molar-refractivity contribution in [1.82, 2.24) is 0 Å². The molecule has 0 rings (SSSR count). The zero-order valence-electron chi connectivity index (χ0n) is 13.3. The molecule has 172 valence electrons. The maximum absolute atomic E-state index is 13.7. The van der Waals surface area contributed by atoms with Gasteiger partial charge in [-0.3, -0.25) is 14.0 Å². The molecule has 0 aromatic heterocycles. The van der Waals surface area contributed by atoms with Crippen molar-refractivity contribution in [2.45, 2.75) is 62.0 Å². The van der Waals surface area contributed by atoms with Crippen LogP contribution >= 0.6 is 0 Å². The lowest BCUT2D eigenvalue weighted by Gasteiger charge is -2.37. The fourth-order valence-corrected chi connectivity index (χ4v) is 1.65. The Balaban J connectivity index is 0. The maximum atomic E-state index is 13.7. The molecule has 0 aromatic rings. The van der Waals surface area contributed by atoms with Gasteiger partial charge in [0.2, 0.25) is 0 Å². The predicted octanol–water partition coefficient (Wildman–Crippen LogP) is 4.55. The van der Waals surface area contributed by atoms with Gasteiger partial charge >= 0.3 is 39.9 Å². The minimum atomic E-state index is -7.22. The molecule has 0 aliphatic rings. The lowest BCUT2D eigenvalue weighted by Crippen LogP contribution is -2.63. The molecular weight excluding hydrogens is 460 g/mol. The Morgan fingerprint density at radius 1 is 0.929 bits per heavy atom. The van der Waals surface area contributed by atoms with Gasteiger partial charge in [-0.05, 0) is 6.42 Å². The number of hydrogen-bond donors (Lipinski definition) is 1. The van der Waals surface area contributed by atoms with Crippen LogP contribution in [0.5, 0.6) is 0 Å². The summed E-state index contributed by atoms with van der Waals surface area (Å²) in [7, 11) is -7.03. The highest BCUT2D eigenvalue weighted by Crippen LogP contribution is 2.51. The van der Waals surface area contributed by atoms with Crippen LogP contribution in [0.15, 0.2) is 0 Å². The summed E-state index contributed by atoms with van der Waals surface area (Å²) in [5, 5.41) is 0. The van der Waals surface area contributed by atoms with Gasteiger partial charge < -0.3 is 4.74 Å². The first-order chi connectivity index (χ1) is 11.6. The van der Waals surface area contributed by atoms with Crippen LogP contribution in [0.4, 0.5) is 53.0 Å². The first-order valence-electron chi connectivity index (χ1n) is 6.55. The summed E-state index contributed by atoms with van der Waals surface area (Å²) in [4.78, 5) is 0. The molecule has 0 radical (unpaired) electrons. The number of alkyl halides is 11. The SMILES string of the molecule is CCCCC(OC(F)(F)C(F)(OC(F)(F)S(=O)(=O)O)C(F)(F)F)C(F)(F)F.F. The highest BCUT2D eigenvalue weighted by molar-refractivity contribution is 7.86. The van der Waals surface area contributed by atoms with Crippen molar-refractivity contribution in [2.24, 2.45) is 0 Å². The number of rotatable bonds is 9. The molecule has 18 heteroatoms. The molecule has 0 amide bonds. The maximum Gasteiger partial charge on any atom is 0.491 e. The van der Waals surface area contributed by atoms with E-state index in [-0.39, 0.29) is 11.1 Å². The third-order valence-electron chi connectivity index (χ3n) is 2.77. The summed E-state index contributed by atoms with van der Waals surface area (Å²) >= 11 is 0. The van der Waals surface area contributed by atoms with E-state index in [1.165, 1.54) is 6.92 Å². The second-order valence-electron chi connectivity index (χ2n) is 4.94. The van der Waals surface area contributed by atoms with Crippen molar-refractivity contribution in [3.05, 3.63) is 0 Å². The van der Waals surface area contributed by atoms with Crippen molar-refractivity contribution in [2.75, 3.05) is 0 Å². The van der Waals surface area contributed by atoms with Crippen molar-refractivity contribution in [3.8, 4) is 0 Å². The summed E-state index contributed by atoms with van der Waals surface area (Å²) in [6.45, 7) is 1.25. The van der Waals surface area contributed by atoms with E-state index in [9.17, 15) is 56.7 Å². The molecule has 0 saturated carbocycles.